The van der Waals surface area contributed by atoms with Gasteiger partial charge in [0.1, 0.15) is 23.5 Å². The molecule has 2 aromatic rings. The van der Waals surface area contributed by atoms with E-state index in [-0.39, 0.29) is 43.5 Å². The molecule has 178 valence electrons. The van der Waals surface area contributed by atoms with Gasteiger partial charge >= 0.3 is 6.18 Å². The summed E-state index contributed by atoms with van der Waals surface area (Å²) in [6, 6.07) is 3.29. The Bertz CT molecular complexity index is 1210. The van der Waals surface area contributed by atoms with Crippen molar-refractivity contribution in [1.29, 1.82) is 5.26 Å². The number of alkyl halides is 3. The van der Waals surface area contributed by atoms with Crippen LogP contribution in [0, 0.1) is 11.3 Å². The quantitative estimate of drug-likeness (QED) is 0.681. The lowest BCUT2D eigenvalue weighted by Gasteiger charge is -2.47. The number of amides is 1. The third-order valence-electron chi connectivity index (χ3n) is 6.31. The summed E-state index contributed by atoms with van der Waals surface area (Å²) < 4.78 is 67.1. The molecular weight excluding hydrogens is 461 g/mol. The number of hydrogen-bond acceptors (Lipinski definition) is 6. The van der Waals surface area contributed by atoms with E-state index in [1.54, 1.807) is 12.1 Å². The number of nitrogens with zero attached hydrogens (tertiary/aromatic N) is 4. The first-order valence-electron chi connectivity index (χ1n) is 10.5. The molecule has 3 unspecified atom stereocenters. The molecule has 2 aliphatic rings. The fraction of sp³-hybridized carbons (Fsp3) is 0.550. The summed E-state index contributed by atoms with van der Waals surface area (Å²) in [6.45, 7) is 0.447. The van der Waals surface area contributed by atoms with E-state index in [1.807, 2.05) is 6.07 Å². The highest BCUT2D eigenvalue weighted by Crippen LogP contribution is 2.37. The number of H-pyrrole nitrogens is 1. The van der Waals surface area contributed by atoms with E-state index in [9.17, 15) is 26.4 Å². The second-order valence-electron chi connectivity index (χ2n) is 8.23. The molecular formula is C20H23F3N6O3S. The normalized spacial score (nSPS) is 25.7. The van der Waals surface area contributed by atoms with E-state index < -0.39 is 35.0 Å². The lowest BCUT2D eigenvalue weighted by atomic mass is 9.86. The van der Waals surface area contributed by atoms with Gasteiger partial charge in [0.25, 0.3) is 0 Å². The van der Waals surface area contributed by atoms with Crippen molar-refractivity contribution >= 4 is 27.0 Å². The first-order chi connectivity index (χ1) is 15.5. The molecule has 2 aliphatic heterocycles. The first kappa shape index (κ1) is 23.5. The number of nitriles is 1. The van der Waals surface area contributed by atoms with E-state index in [0.717, 1.165) is 14.8 Å². The Labute approximate surface area is 188 Å². The molecule has 2 N–H and O–H groups in total. The Kier molecular flexibility index (Phi) is 6.10. The zero-order valence-electron chi connectivity index (χ0n) is 17.8. The largest absolute Gasteiger partial charge is 0.405 e. The van der Waals surface area contributed by atoms with E-state index in [4.69, 9.17) is 5.26 Å². The number of hydrogen-bond donors (Lipinski definition) is 2. The van der Waals surface area contributed by atoms with Crippen LogP contribution in [0.25, 0.3) is 11.0 Å². The molecule has 0 radical (unpaired) electrons. The van der Waals surface area contributed by atoms with Gasteiger partial charge in [-0.1, -0.05) is 0 Å². The Morgan fingerprint density at radius 2 is 2.09 bits per heavy atom. The molecule has 3 atom stereocenters. The highest BCUT2D eigenvalue weighted by atomic mass is 32.2. The number of aromatic amines is 1. The topological polar surface area (TPSA) is 122 Å². The maximum Gasteiger partial charge on any atom is 0.405 e. The first-order valence-corrected chi connectivity index (χ1v) is 12.1. The Morgan fingerprint density at radius 1 is 1.33 bits per heavy atom. The number of piperidine rings is 1. The van der Waals surface area contributed by atoms with E-state index >= 15 is 0 Å². The van der Waals surface area contributed by atoms with Crippen molar-refractivity contribution in [2.45, 2.75) is 44.1 Å². The summed E-state index contributed by atoms with van der Waals surface area (Å²) in [6.07, 6.45) is -3.75. The monoisotopic (exact) mass is 484 g/mol. The number of pyridine rings is 1. The average molecular weight is 485 g/mol. The summed E-state index contributed by atoms with van der Waals surface area (Å²) in [7, 11) is -3.78. The van der Waals surface area contributed by atoms with Gasteiger partial charge in [0.2, 0.25) is 15.9 Å². The zero-order valence-corrected chi connectivity index (χ0v) is 18.6. The van der Waals surface area contributed by atoms with Gasteiger partial charge in [-0.05, 0) is 37.0 Å². The van der Waals surface area contributed by atoms with Gasteiger partial charge in [-0.25, -0.2) is 13.4 Å². The average Bonchev–Trinajstić information content (AvgIpc) is 3.21. The summed E-state index contributed by atoms with van der Waals surface area (Å²) in [5.41, 5.74) is 1.50. The van der Waals surface area contributed by atoms with Crippen molar-refractivity contribution < 1.29 is 26.4 Å². The number of carbonyl (C=O) groups excluding carboxylic acids is 1. The molecule has 4 rings (SSSR count). The highest BCUT2D eigenvalue weighted by Gasteiger charge is 2.51. The lowest BCUT2D eigenvalue weighted by molar-refractivity contribution is -0.202. The van der Waals surface area contributed by atoms with Crippen LogP contribution < -0.4 is 5.32 Å². The molecule has 0 saturated carbocycles. The fourth-order valence-corrected chi connectivity index (χ4v) is 5.76. The van der Waals surface area contributed by atoms with Gasteiger partial charge in [-0.15, -0.1) is 0 Å². The van der Waals surface area contributed by atoms with Crippen LogP contribution in [-0.2, 0) is 14.8 Å². The molecule has 9 nitrogen and oxygen atoms in total. The van der Waals surface area contributed by atoms with E-state index in [0.29, 0.717) is 16.7 Å². The number of halogens is 3. The third kappa shape index (κ3) is 4.55. The van der Waals surface area contributed by atoms with Gasteiger partial charge < -0.3 is 10.3 Å². The van der Waals surface area contributed by atoms with Crippen molar-refractivity contribution in [2.75, 3.05) is 25.4 Å². The van der Waals surface area contributed by atoms with Crippen molar-refractivity contribution in [3.05, 3.63) is 29.6 Å². The molecule has 1 amide bonds. The molecule has 0 aliphatic carbocycles. The molecule has 2 saturated heterocycles. The predicted octanol–water partition coefficient (Wildman–Crippen LogP) is 1.65. The van der Waals surface area contributed by atoms with Crippen LogP contribution in [0.2, 0.25) is 0 Å². The number of sulfonamides is 1. The minimum Gasteiger partial charge on any atom is -0.341 e. The summed E-state index contributed by atoms with van der Waals surface area (Å²) >= 11 is 0. The highest BCUT2D eigenvalue weighted by molar-refractivity contribution is 7.89. The molecule has 0 spiro atoms. The van der Waals surface area contributed by atoms with Crippen LogP contribution in [0.5, 0.6) is 0 Å². The van der Waals surface area contributed by atoms with Crippen LogP contribution in [0.1, 0.15) is 36.9 Å². The van der Waals surface area contributed by atoms with Crippen molar-refractivity contribution in [3.8, 4) is 6.07 Å². The fourth-order valence-electron chi connectivity index (χ4n) is 4.67. The van der Waals surface area contributed by atoms with Crippen LogP contribution in [0.15, 0.2) is 18.3 Å². The number of fused-ring (bicyclic) bond motifs is 1. The van der Waals surface area contributed by atoms with E-state index in [1.165, 1.54) is 13.1 Å². The lowest BCUT2D eigenvalue weighted by Crippen LogP contribution is -2.66. The van der Waals surface area contributed by atoms with Crippen LogP contribution in [-0.4, -0.2) is 77.3 Å². The number of rotatable bonds is 4. The Morgan fingerprint density at radius 3 is 2.76 bits per heavy atom. The van der Waals surface area contributed by atoms with E-state index in [2.05, 4.69) is 15.3 Å². The standard InChI is InChI=1S/C20H23F3N6O3S/c1-2-33(31,32)28-5-6-29(16(11-28)20(21,22)23)17-7-12(8-18(30)27-17)14-3-4-25-19-15(14)9-13(10-24)26-19/h3-4,9,12,16-17H,2,5-8,11H2,1H3,(H,25,26)(H,27,30). The number of aromatic nitrogens is 2. The van der Waals surface area contributed by atoms with Gasteiger partial charge in [0, 0.05) is 37.6 Å². The van der Waals surface area contributed by atoms with Crippen molar-refractivity contribution in [3.63, 3.8) is 0 Å². The second-order valence-corrected chi connectivity index (χ2v) is 10.5. The Hall–Kier alpha value is -2.69. The molecule has 13 heteroatoms. The summed E-state index contributed by atoms with van der Waals surface area (Å²) in [5, 5.41) is 12.5. The number of carbonyl (C=O) groups is 1. The molecule has 33 heavy (non-hydrogen) atoms. The Balaban J connectivity index is 1.63. The zero-order chi connectivity index (χ0) is 24.0. The predicted molar refractivity (Wildman–Crippen MR) is 112 cm³/mol. The van der Waals surface area contributed by atoms with Gasteiger partial charge in [0.05, 0.1) is 11.9 Å². The van der Waals surface area contributed by atoms with Crippen LogP contribution in [0.4, 0.5) is 13.2 Å². The summed E-state index contributed by atoms with van der Waals surface area (Å²) in [5.74, 6) is -1.05. The minimum absolute atomic E-state index is 0.0807. The van der Waals surface area contributed by atoms with Crippen molar-refractivity contribution in [1.82, 2.24) is 24.5 Å². The maximum absolute atomic E-state index is 14.0. The molecule has 0 bridgehead atoms. The SMILES string of the molecule is CCS(=O)(=O)N1CCN(C2CC(c3ccnc4[nH]c(C#N)cc34)CC(=O)N2)C(C(F)(F)F)C1. The molecule has 0 aromatic carbocycles. The molecule has 2 aromatic heterocycles. The van der Waals surface area contributed by atoms with Crippen LogP contribution in [0.3, 0.4) is 0 Å². The third-order valence-corrected chi connectivity index (χ3v) is 8.16. The van der Waals surface area contributed by atoms with Gasteiger partial charge in [0.15, 0.2) is 0 Å². The maximum atomic E-state index is 14.0. The van der Waals surface area contributed by atoms with Gasteiger partial charge in [-0.3, -0.25) is 9.69 Å². The smallest absolute Gasteiger partial charge is 0.341 e. The van der Waals surface area contributed by atoms with Gasteiger partial charge in [-0.2, -0.15) is 22.7 Å². The second kappa shape index (κ2) is 8.58. The molecule has 4 heterocycles. The summed E-state index contributed by atoms with van der Waals surface area (Å²) in [4.78, 5) is 20.7. The number of nitrogens with one attached hydrogen (secondary N) is 2. The minimum atomic E-state index is -4.67. The number of piperazine rings is 1. The van der Waals surface area contributed by atoms with Crippen LogP contribution >= 0.6 is 0 Å². The van der Waals surface area contributed by atoms with Crippen molar-refractivity contribution in [2.24, 2.45) is 0 Å². The molecule has 2 fully saturated rings.